The van der Waals surface area contributed by atoms with Crippen LogP contribution in [0.15, 0.2) is 24.3 Å². The first-order valence-corrected chi connectivity index (χ1v) is 7.75. The van der Waals surface area contributed by atoms with Crippen LogP contribution in [0.2, 0.25) is 0 Å². The maximum absolute atomic E-state index is 5.24. The second-order valence-corrected chi connectivity index (χ2v) is 6.18. The van der Waals surface area contributed by atoms with Gasteiger partial charge >= 0.3 is 0 Å². The fourth-order valence-electron chi connectivity index (χ4n) is 2.97. The summed E-state index contributed by atoms with van der Waals surface area (Å²) in [4.78, 5) is 2.52. The number of nitrogens with zero attached hydrogens (tertiary/aromatic N) is 1. The second-order valence-electron chi connectivity index (χ2n) is 6.18. The molecule has 1 unspecified atom stereocenters. The van der Waals surface area contributed by atoms with E-state index in [1.54, 1.807) is 7.11 Å². The van der Waals surface area contributed by atoms with Crippen LogP contribution in [0.4, 0.5) is 5.69 Å². The zero-order valence-corrected chi connectivity index (χ0v) is 13.1. The molecular formula is C17H28N2O. The molecular weight excluding hydrogens is 248 g/mol. The minimum Gasteiger partial charge on any atom is -0.380 e. The summed E-state index contributed by atoms with van der Waals surface area (Å²) < 4.78 is 5.24. The lowest BCUT2D eigenvalue weighted by molar-refractivity contribution is 0.185. The number of rotatable bonds is 5. The molecule has 1 atom stereocenters. The third kappa shape index (κ3) is 4.50. The fourth-order valence-corrected chi connectivity index (χ4v) is 2.97. The standard InChI is InChI=1S/C17H28N2O/c1-14(2)10-16-12-19(9-5-8-18-16)17-7-4-6-15(11-17)13-20-3/h4,6-7,11,14,16,18H,5,8-10,12-13H2,1-3H3. The van der Waals surface area contributed by atoms with Crippen molar-refractivity contribution in [2.75, 3.05) is 31.6 Å². The quantitative estimate of drug-likeness (QED) is 0.894. The Kier molecular flexibility index (Phi) is 5.86. The molecule has 0 bridgehead atoms. The van der Waals surface area contributed by atoms with E-state index in [1.165, 1.54) is 24.1 Å². The van der Waals surface area contributed by atoms with Gasteiger partial charge in [0.25, 0.3) is 0 Å². The van der Waals surface area contributed by atoms with Gasteiger partial charge in [0.2, 0.25) is 0 Å². The van der Waals surface area contributed by atoms with Crippen molar-refractivity contribution in [2.24, 2.45) is 5.92 Å². The lowest BCUT2D eigenvalue weighted by Crippen LogP contribution is -2.38. The van der Waals surface area contributed by atoms with Gasteiger partial charge in [-0.3, -0.25) is 0 Å². The predicted octanol–water partition coefficient (Wildman–Crippen LogP) is 3.05. The molecule has 1 fully saturated rings. The van der Waals surface area contributed by atoms with Crippen LogP contribution in [0, 0.1) is 5.92 Å². The molecule has 0 saturated carbocycles. The number of ether oxygens (including phenoxy) is 1. The number of hydrogen-bond donors (Lipinski definition) is 1. The summed E-state index contributed by atoms with van der Waals surface area (Å²) in [5.41, 5.74) is 2.58. The van der Waals surface area contributed by atoms with Gasteiger partial charge in [0, 0.05) is 31.9 Å². The highest BCUT2D eigenvalue weighted by Gasteiger charge is 2.18. The van der Waals surface area contributed by atoms with Crippen molar-refractivity contribution < 1.29 is 4.74 Å². The van der Waals surface area contributed by atoms with Gasteiger partial charge < -0.3 is 15.0 Å². The number of hydrogen-bond acceptors (Lipinski definition) is 3. The fraction of sp³-hybridized carbons (Fsp3) is 0.647. The summed E-state index contributed by atoms with van der Waals surface area (Å²) in [5.74, 6) is 0.743. The van der Waals surface area contributed by atoms with Gasteiger partial charge in [-0.15, -0.1) is 0 Å². The molecule has 1 aliphatic rings. The molecule has 3 nitrogen and oxygen atoms in total. The monoisotopic (exact) mass is 276 g/mol. The van der Waals surface area contributed by atoms with Gasteiger partial charge in [0.1, 0.15) is 0 Å². The molecule has 0 amide bonds. The molecule has 1 aromatic carbocycles. The van der Waals surface area contributed by atoms with Crippen LogP contribution in [0.3, 0.4) is 0 Å². The van der Waals surface area contributed by atoms with E-state index in [0.717, 1.165) is 25.6 Å². The number of anilines is 1. The van der Waals surface area contributed by atoms with Crippen LogP contribution in [-0.2, 0) is 11.3 Å². The van der Waals surface area contributed by atoms with Crippen molar-refractivity contribution in [1.82, 2.24) is 5.32 Å². The molecule has 1 heterocycles. The normalized spacial score (nSPS) is 20.2. The molecule has 0 aliphatic carbocycles. The van der Waals surface area contributed by atoms with E-state index in [1.807, 2.05) is 0 Å². The highest BCUT2D eigenvalue weighted by Crippen LogP contribution is 2.20. The maximum Gasteiger partial charge on any atom is 0.0713 e. The Hall–Kier alpha value is -1.06. The predicted molar refractivity (Wildman–Crippen MR) is 85.2 cm³/mol. The van der Waals surface area contributed by atoms with Crippen molar-refractivity contribution in [3.05, 3.63) is 29.8 Å². The van der Waals surface area contributed by atoms with Crippen molar-refractivity contribution in [1.29, 1.82) is 0 Å². The minimum atomic E-state index is 0.601. The Balaban J connectivity index is 2.07. The Morgan fingerprint density at radius 1 is 1.40 bits per heavy atom. The smallest absolute Gasteiger partial charge is 0.0713 e. The van der Waals surface area contributed by atoms with Gasteiger partial charge in [-0.25, -0.2) is 0 Å². The molecule has 0 aromatic heterocycles. The van der Waals surface area contributed by atoms with Crippen LogP contribution < -0.4 is 10.2 Å². The average molecular weight is 276 g/mol. The molecule has 1 N–H and O–H groups in total. The number of nitrogens with one attached hydrogen (secondary N) is 1. The first-order valence-electron chi connectivity index (χ1n) is 7.75. The SMILES string of the molecule is COCc1cccc(N2CCCNC(CC(C)C)C2)c1. The van der Waals surface area contributed by atoms with E-state index in [-0.39, 0.29) is 0 Å². The molecule has 1 aromatic rings. The van der Waals surface area contributed by atoms with E-state index in [0.29, 0.717) is 12.6 Å². The third-order valence-electron chi connectivity index (χ3n) is 3.82. The Morgan fingerprint density at radius 3 is 3.00 bits per heavy atom. The zero-order valence-electron chi connectivity index (χ0n) is 13.1. The number of benzene rings is 1. The van der Waals surface area contributed by atoms with E-state index in [2.05, 4.69) is 48.3 Å². The zero-order chi connectivity index (χ0) is 14.4. The lowest BCUT2D eigenvalue weighted by Gasteiger charge is -2.27. The first kappa shape index (κ1) is 15.3. The van der Waals surface area contributed by atoms with Gasteiger partial charge in [0.15, 0.2) is 0 Å². The highest BCUT2D eigenvalue weighted by molar-refractivity contribution is 5.49. The van der Waals surface area contributed by atoms with Gasteiger partial charge in [-0.1, -0.05) is 26.0 Å². The minimum absolute atomic E-state index is 0.601. The van der Waals surface area contributed by atoms with E-state index in [4.69, 9.17) is 4.74 Å². The molecule has 3 heteroatoms. The van der Waals surface area contributed by atoms with E-state index in [9.17, 15) is 0 Å². The molecule has 2 rings (SSSR count). The first-order chi connectivity index (χ1) is 9.69. The van der Waals surface area contributed by atoms with E-state index >= 15 is 0 Å². The Bertz CT molecular complexity index is 406. The molecule has 1 aliphatic heterocycles. The average Bonchev–Trinajstić information content (AvgIpc) is 2.64. The van der Waals surface area contributed by atoms with Crippen LogP contribution >= 0.6 is 0 Å². The summed E-state index contributed by atoms with van der Waals surface area (Å²) in [6, 6.07) is 9.36. The third-order valence-corrected chi connectivity index (χ3v) is 3.82. The van der Waals surface area contributed by atoms with Crippen molar-refractivity contribution in [3.63, 3.8) is 0 Å². The van der Waals surface area contributed by atoms with Gasteiger partial charge in [-0.05, 0) is 43.0 Å². The summed E-state index contributed by atoms with van der Waals surface area (Å²) in [7, 11) is 1.75. The van der Waals surface area contributed by atoms with Crippen LogP contribution in [0.1, 0.15) is 32.3 Å². The Labute approximate surface area is 123 Å². The van der Waals surface area contributed by atoms with Gasteiger partial charge in [0.05, 0.1) is 6.61 Å². The maximum atomic E-state index is 5.24. The molecule has 112 valence electrons. The van der Waals surface area contributed by atoms with Crippen LogP contribution in [0.25, 0.3) is 0 Å². The largest absolute Gasteiger partial charge is 0.380 e. The summed E-state index contributed by atoms with van der Waals surface area (Å²) >= 11 is 0. The second kappa shape index (κ2) is 7.65. The highest BCUT2D eigenvalue weighted by atomic mass is 16.5. The van der Waals surface area contributed by atoms with Crippen molar-refractivity contribution in [3.8, 4) is 0 Å². The van der Waals surface area contributed by atoms with Crippen molar-refractivity contribution in [2.45, 2.75) is 39.3 Å². The summed E-state index contributed by atoms with van der Waals surface area (Å²) in [5, 5.41) is 3.69. The molecule has 20 heavy (non-hydrogen) atoms. The molecule has 1 saturated heterocycles. The molecule has 0 spiro atoms. The van der Waals surface area contributed by atoms with Gasteiger partial charge in [-0.2, -0.15) is 0 Å². The van der Waals surface area contributed by atoms with Crippen LogP contribution in [0.5, 0.6) is 0 Å². The summed E-state index contributed by atoms with van der Waals surface area (Å²) in [6.07, 6.45) is 2.46. The topological polar surface area (TPSA) is 24.5 Å². The van der Waals surface area contributed by atoms with Crippen LogP contribution in [-0.4, -0.2) is 32.8 Å². The molecule has 0 radical (unpaired) electrons. The summed E-state index contributed by atoms with van der Waals surface area (Å²) in [6.45, 7) is 8.67. The Morgan fingerprint density at radius 2 is 2.25 bits per heavy atom. The number of methoxy groups -OCH3 is 1. The van der Waals surface area contributed by atoms with Crippen molar-refractivity contribution >= 4 is 5.69 Å². The van der Waals surface area contributed by atoms with E-state index < -0.39 is 0 Å². The lowest BCUT2D eigenvalue weighted by atomic mass is 10.0.